The molecular weight excluding hydrogens is 383 g/mol. The van der Waals surface area contributed by atoms with Crippen LogP contribution in [0.2, 0.25) is 5.02 Å². The molecule has 1 aromatic rings. The monoisotopic (exact) mass is 406 g/mol. The Labute approximate surface area is 163 Å². The van der Waals surface area contributed by atoms with Gasteiger partial charge in [0, 0.05) is 18.7 Å². The van der Waals surface area contributed by atoms with Gasteiger partial charge in [0.1, 0.15) is 6.04 Å². The molecule has 3 N–H and O–H groups in total. The molecule has 2 amide bonds. The van der Waals surface area contributed by atoms with Gasteiger partial charge in [0.2, 0.25) is 5.91 Å². The predicted molar refractivity (Wildman–Crippen MR) is 103 cm³/mol. The van der Waals surface area contributed by atoms with Gasteiger partial charge in [-0.3, -0.25) is 19.7 Å². The van der Waals surface area contributed by atoms with Gasteiger partial charge >= 0.3 is 0 Å². The molecule has 0 heterocycles. The van der Waals surface area contributed by atoms with Gasteiger partial charge in [0.25, 0.3) is 11.6 Å². The summed E-state index contributed by atoms with van der Waals surface area (Å²) in [4.78, 5) is 34.8. The third-order valence-electron chi connectivity index (χ3n) is 3.55. The normalized spacial score (nSPS) is 11.4. The van der Waals surface area contributed by atoms with Crippen LogP contribution in [0.15, 0.2) is 18.2 Å². The van der Waals surface area contributed by atoms with E-state index in [1.165, 1.54) is 12.1 Å². The van der Waals surface area contributed by atoms with Crippen LogP contribution in [0.1, 0.15) is 30.6 Å². The average molecular weight is 407 g/mol. The number of halogens is 2. The van der Waals surface area contributed by atoms with E-state index in [-0.39, 0.29) is 40.5 Å². The number of hydrogen-bond donors (Lipinski definition) is 3. The van der Waals surface area contributed by atoms with E-state index < -0.39 is 16.9 Å². The van der Waals surface area contributed by atoms with Crippen molar-refractivity contribution in [1.82, 2.24) is 16.0 Å². The molecule has 1 aromatic carbocycles. The Balaban J connectivity index is 0.00000625. The lowest BCUT2D eigenvalue weighted by Gasteiger charge is -2.22. The maximum Gasteiger partial charge on any atom is 0.270 e. The van der Waals surface area contributed by atoms with E-state index in [9.17, 15) is 19.7 Å². The summed E-state index contributed by atoms with van der Waals surface area (Å²) in [6.45, 7) is 4.90. The van der Waals surface area contributed by atoms with Gasteiger partial charge in [-0.05, 0) is 32.0 Å². The fraction of sp³-hybridized carbons (Fsp3) is 0.500. The van der Waals surface area contributed by atoms with Crippen molar-refractivity contribution < 1.29 is 14.5 Å². The highest BCUT2D eigenvalue weighted by Crippen LogP contribution is 2.22. The van der Waals surface area contributed by atoms with Crippen LogP contribution in [-0.4, -0.2) is 42.9 Å². The number of nitro groups is 1. The Morgan fingerprint density at radius 1 is 1.27 bits per heavy atom. The number of benzene rings is 1. The first-order valence-electron chi connectivity index (χ1n) is 7.95. The molecule has 0 bridgehead atoms. The molecule has 0 aliphatic carbocycles. The standard InChI is InChI=1S/C16H23ClN4O4.ClH/c1-10(2)14(16(23)19-8-4-7-18-3)20-15(22)12-6-5-11(21(24)25)9-13(12)17;/h5-6,9-10,14,18H,4,7-8H2,1-3H3,(H,19,23)(H,20,22);1H. The van der Waals surface area contributed by atoms with Crippen molar-refractivity contribution in [3.05, 3.63) is 38.9 Å². The number of amides is 2. The summed E-state index contributed by atoms with van der Waals surface area (Å²) < 4.78 is 0. The summed E-state index contributed by atoms with van der Waals surface area (Å²) in [5, 5.41) is 19.1. The second-order valence-corrected chi connectivity index (χ2v) is 6.27. The van der Waals surface area contributed by atoms with E-state index in [1.807, 2.05) is 20.9 Å². The van der Waals surface area contributed by atoms with Crippen molar-refractivity contribution >= 4 is 41.5 Å². The van der Waals surface area contributed by atoms with Gasteiger partial charge in [-0.15, -0.1) is 12.4 Å². The molecule has 0 fully saturated rings. The summed E-state index contributed by atoms with van der Waals surface area (Å²) >= 11 is 5.96. The van der Waals surface area contributed by atoms with Gasteiger partial charge < -0.3 is 16.0 Å². The lowest BCUT2D eigenvalue weighted by atomic mass is 10.0. The maximum atomic E-state index is 12.4. The smallest absolute Gasteiger partial charge is 0.270 e. The number of carbonyl (C=O) groups excluding carboxylic acids is 2. The van der Waals surface area contributed by atoms with Gasteiger partial charge in [-0.1, -0.05) is 25.4 Å². The topological polar surface area (TPSA) is 113 Å². The summed E-state index contributed by atoms with van der Waals surface area (Å²) in [6, 6.07) is 2.85. The number of nitrogens with zero attached hydrogens (tertiary/aromatic N) is 1. The predicted octanol–water partition coefficient (Wildman–Crippen LogP) is 2.15. The Morgan fingerprint density at radius 2 is 1.92 bits per heavy atom. The van der Waals surface area contributed by atoms with Crippen molar-refractivity contribution in [2.75, 3.05) is 20.1 Å². The van der Waals surface area contributed by atoms with Crippen molar-refractivity contribution in [2.45, 2.75) is 26.3 Å². The largest absolute Gasteiger partial charge is 0.354 e. The lowest BCUT2D eigenvalue weighted by Crippen LogP contribution is -2.50. The van der Waals surface area contributed by atoms with Crippen LogP contribution in [0, 0.1) is 16.0 Å². The number of hydrogen-bond acceptors (Lipinski definition) is 5. The van der Waals surface area contributed by atoms with E-state index in [1.54, 1.807) is 0 Å². The molecule has 0 saturated heterocycles. The van der Waals surface area contributed by atoms with Crippen LogP contribution in [0.5, 0.6) is 0 Å². The number of non-ortho nitro benzene ring substituents is 1. The fourth-order valence-corrected chi connectivity index (χ4v) is 2.40. The number of carbonyl (C=O) groups is 2. The van der Waals surface area contributed by atoms with Crippen LogP contribution in [0.3, 0.4) is 0 Å². The zero-order valence-electron chi connectivity index (χ0n) is 14.9. The summed E-state index contributed by atoms with van der Waals surface area (Å²) in [5.41, 5.74) is -0.120. The Hall–Kier alpha value is -1.90. The molecule has 0 radical (unpaired) electrons. The molecule has 0 aliphatic rings. The van der Waals surface area contributed by atoms with Crippen molar-refractivity contribution in [3.8, 4) is 0 Å². The van der Waals surface area contributed by atoms with Crippen molar-refractivity contribution in [3.63, 3.8) is 0 Å². The second kappa shape index (κ2) is 11.7. The molecule has 0 aliphatic heterocycles. The molecule has 8 nitrogen and oxygen atoms in total. The first-order chi connectivity index (χ1) is 11.8. The quantitative estimate of drug-likeness (QED) is 0.330. The molecule has 0 spiro atoms. The molecular formula is C16H24Cl2N4O4. The molecule has 26 heavy (non-hydrogen) atoms. The highest BCUT2D eigenvalue weighted by atomic mass is 35.5. The summed E-state index contributed by atoms with van der Waals surface area (Å²) in [6.07, 6.45) is 0.773. The van der Waals surface area contributed by atoms with Gasteiger partial charge in [0.05, 0.1) is 15.5 Å². The van der Waals surface area contributed by atoms with E-state index in [0.29, 0.717) is 6.54 Å². The highest BCUT2D eigenvalue weighted by Gasteiger charge is 2.25. The van der Waals surface area contributed by atoms with Gasteiger partial charge in [-0.2, -0.15) is 0 Å². The molecule has 1 atom stereocenters. The summed E-state index contributed by atoms with van der Waals surface area (Å²) in [7, 11) is 1.83. The minimum Gasteiger partial charge on any atom is -0.354 e. The molecule has 0 saturated carbocycles. The number of rotatable bonds is 9. The third-order valence-corrected chi connectivity index (χ3v) is 3.86. The molecule has 0 aromatic heterocycles. The molecule has 10 heteroatoms. The zero-order valence-corrected chi connectivity index (χ0v) is 16.4. The first-order valence-corrected chi connectivity index (χ1v) is 8.32. The third kappa shape index (κ3) is 7.15. The minimum atomic E-state index is -0.728. The van der Waals surface area contributed by atoms with E-state index >= 15 is 0 Å². The summed E-state index contributed by atoms with van der Waals surface area (Å²) in [5.74, 6) is -0.966. The molecule has 1 rings (SSSR count). The van der Waals surface area contributed by atoms with Crippen LogP contribution in [0.4, 0.5) is 5.69 Å². The minimum absolute atomic E-state index is 0. The van der Waals surface area contributed by atoms with Crippen LogP contribution in [0.25, 0.3) is 0 Å². The van der Waals surface area contributed by atoms with Gasteiger partial charge in [0.15, 0.2) is 0 Å². The van der Waals surface area contributed by atoms with E-state index in [4.69, 9.17) is 11.6 Å². The van der Waals surface area contributed by atoms with Gasteiger partial charge in [-0.25, -0.2) is 0 Å². The number of nitrogens with one attached hydrogen (secondary N) is 3. The Bertz CT molecular complexity index is 641. The first kappa shape index (κ1) is 24.1. The fourth-order valence-electron chi connectivity index (χ4n) is 2.14. The molecule has 146 valence electrons. The SMILES string of the molecule is CNCCCNC(=O)C(NC(=O)c1ccc([N+](=O)[O-])cc1Cl)C(C)C.Cl. The Kier molecular flexibility index (Phi) is 10.8. The highest BCUT2D eigenvalue weighted by molar-refractivity contribution is 6.34. The van der Waals surface area contributed by atoms with Crippen molar-refractivity contribution in [1.29, 1.82) is 0 Å². The molecule has 1 unspecified atom stereocenters. The van der Waals surface area contributed by atoms with Crippen molar-refractivity contribution in [2.24, 2.45) is 5.92 Å². The van der Waals surface area contributed by atoms with E-state index in [0.717, 1.165) is 19.0 Å². The maximum absolute atomic E-state index is 12.4. The van der Waals surface area contributed by atoms with Crippen LogP contribution in [-0.2, 0) is 4.79 Å². The lowest BCUT2D eigenvalue weighted by molar-refractivity contribution is -0.384. The Morgan fingerprint density at radius 3 is 2.42 bits per heavy atom. The zero-order chi connectivity index (χ0) is 19.0. The number of nitro benzene ring substituents is 1. The van der Waals surface area contributed by atoms with Crippen LogP contribution >= 0.6 is 24.0 Å². The average Bonchev–Trinajstić information content (AvgIpc) is 2.55. The van der Waals surface area contributed by atoms with Crippen LogP contribution < -0.4 is 16.0 Å². The second-order valence-electron chi connectivity index (χ2n) is 5.86. The van der Waals surface area contributed by atoms with E-state index in [2.05, 4.69) is 16.0 Å².